The number of carbonyl (C=O) groups is 1. The summed E-state index contributed by atoms with van der Waals surface area (Å²) in [6, 6.07) is 8.73. The van der Waals surface area contributed by atoms with Crippen molar-refractivity contribution in [2.45, 2.75) is 13.0 Å². The van der Waals surface area contributed by atoms with Gasteiger partial charge in [0.2, 0.25) is 0 Å². The lowest BCUT2D eigenvalue weighted by molar-refractivity contribution is -0.137. The van der Waals surface area contributed by atoms with Crippen molar-refractivity contribution < 1.29 is 9.90 Å². The van der Waals surface area contributed by atoms with Crippen LogP contribution in [-0.2, 0) is 4.79 Å². The average Bonchev–Trinajstić information content (AvgIpc) is 2.15. The van der Waals surface area contributed by atoms with Crippen molar-refractivity contribution in [3.63, 3.8) is 0 Å². The van der Waals surface area contributed by atoms with Gasteiger partial charge in [-0.05, 0) is 12.5 Å². The molecule has 13 heavy (non-hydrogen) atoms. The normalized spacial score (nSPS) is 13.0. The van der Waals surface area contributed by atoms with E-state index in [0.29, 0.717) is 0 Å². The summed E-state index contributed by atoms with van der Waals surface area (Å²) in [7, 11) is 0. The summed E-state index contributed by atoms with van der Waals surface area (Å²) < 4.78 is 0. The Labute approximate surface area is 76.7 Å². The van der Waals surface area contributed by atoms with Gasteiger partial charge in [-0.1, -0.05) is 30.3 Å². The third kappa shape index (κ3) is 3.07. The molecule has 0 aliphatic rings. The van der Waals surface area contributed by atoms with Gasteiger partial charge in [0.25, 0.3) is 0 Å². The van der Waals surface area contributed by atoms with Crippen LogP contribution in [0.2, 0.25) is 0 Å². The van der Waals surface area contributed by atoms with Crippen LogP contribution in [0.3, 0.4) is 0 Å². The second kappa shape index (κ2) is 4.40. The lowest BCUT2D eigenvalue weighted by Gasteiger charge is -1.97. The lowest BCUT2D eigenvalue weighted by Crippen LogP contribution is -2.12. The van der Waals surface area contributed by atoms with Crippen LogP contribution in [0.5, 0.6) is 0 Å². The second-order valence-electron chi connectivity index (χ2n) is 2.70. The summed E-state index contributed by atoms with van der Waals surface area (Å²) in [6.45, 7) is 1.54. The Balaban J connectivity index is 2.64. The van der Waals surface area contributed by atoms with Gasteiger partial charge in [0.1, 0.15) is 6.04 Å². The molecule has 1 atom stereocenters. The minimum absolute atomic E-state index is 0.680. The molecule has 0 heterocycles. The number of rotatable bonds is 3. The van der Waals surface area contributed by atoms with E-state index >= 15 is 0 Å². The van der Waals surface area contributed by atoms with E-state index < -0.39 is 12.0 Å². The molecule has 0 radical (unpaired) electrons. The van der Waals surface area contributed by atoms with E-state index in [9.17, 15) is 4.79 Å². The van der Waals surface area contributed by atoms with E-state index in [4.69, 9.17) is 5.11 Å². The van der Waals surface area contributed by atoms with Crippen molar-refractivity contribution in [1.82, 2.24) is 0 Å². The number of carboxylic acid groups (broad SMARTS) is 1. The van der Waals surface area contributed by atoms with Crippen molar-refractivity contribution >= 4 is 12.2 Å². The largest absolute Gasteiger partial charge is 0.480 e. The van der Waals surface area contributed by atoms with Crippen LogP contribution in [0.1, 0.15) is 12.5 Å². The summed E-state index contributed by atoms with van der Waals surface area (Å²) in [5.41, 5.74) is 0.913. The molecule has 0 saturated heterocycles. The van der Waals surface area contributed by atoms with Crippen LogP contribution in [-0.4, -0.2) is 23.3 Å². The highest BCUT2D eigenvalue weighted by atomic mass is 16.4. The van der Waals surface area contributed by atoms with Crippen molar-refractivity contribution in [3.05, 3.63) is 35.9 Å². The maximum absolute atomic E-state index is 10.4. The molecule has 0 fully saturated rings. The Kier molecular flexibility index (Phi) is 3.20. The predicted octanol–water partition coefficient (Wildman–Crippen LogP) is 1.58. The average molecular weight is 177 g/mol. The molecule has 0 aliphatic heterocycles. The molecule has 1 aromatic carbocycles. The highest BCUT2D eigenvalue weighted by molar-refractivity contribution is 5.83. The summed E-state index contributed by atoms with van der Waals surface area (Å²) in [5.74, 6) is -0.910. The molecule has 1 N–H and O–H groups in total. The van der Waals surface area contributed by atoms with Gasteiger partial charge in [-0.15, -0.1) is 0 Å². The molecule has 3 nitrogen and oxygen atoms in total. The van der Waals surface area contributed by atoms with E-state index in [1.54, 1.807) is 13.1 Å². The number of nitrogens with zero attached hydrogens (tertiary/aromatic N) is 1. The maximum Gasteiger partial charge on any atom is 0.328 e. The third-order valence-electron chi connectivity index (χ3n) is 1.60. The van der Waals surface area contributed by atoms with Gasteiger partial charge in [-0.3, -0.25) is 4.99 Å². The molecule has 0 aromatic heterocycles. The molecule has 3 heteroatoms. The first-order valence-electron chi connectivity index (χ1n) is 4.01. The van der Waals surface area contributed by atoms with Gasteiger partial charge in [0.15, 0.2) is 0 Å². The SMILES string of the molecule is C[C@H](/N=C/c1ccccc1)C(=O)O. The molecule has 1 rings (SSSR count). The van der Waals surface area contributed by atoms with Crippen molar-refractivity contribution in [2.24, 2.45) is 4.99 Å². The molecule has 0 aliphatic carbocycles. The maximum atomic E-state index is 10.4. The molecule has 0 saturated carbocycles. The number of hydrogen-bond donors (Lipinski definition) is 1. The highest BCUT2D eigenvalue weighted by Gasteiger charge is 2.05. The number of hydrogen-bond acceptors (Lipinski definition) is 2. The van der Waals surface area contributed by atoms with Crippen LogP contribution in [0.15, 0.2) is 35.3 Å². The zero-order chi connectivity index (χ0) is 9.68. The van der Waals surface area contributed by atoms with E-state index in [1.165, 1.54) is 0 Å². The zero-order valence-electron chi connectivity index (χ0n) is 7.34. The lowest BCUT2D eigenvalue weighted by atomic mass is 10.2. The summed E-state index contributed by atoms with van der Waals surface area (Å²) in [5, 5.41) is 8.55. The Morgan fingerprint density at radius 1 is 1.46 bits per heavy atom. The van der Waals surface area contributed by atoms with Gasteiger partial charge >= 0.3 is 5.97 Å². The fourth-order valence-corrected chi connectivity index (χ4v) is 0.801. The molecule has 1 aromatic rings. The van der Waals surface area contributed by atoms with Gasteiger partial charge < -0.3 is 5.11 Å². The fraction of sp³-hybridized carbons (Fsp3) is 0.200. The van der Waals surface area contributed by atoms with Crippen LogP contribution in [0.4, 0.5) is 0 Å². The molecule has 0 amide bonds. The quantitative estimate of drug-likeness (QED) is 0.712. The van der Waals surface area contributed by atoms with E-state index in [0.717, 1.165) is 5.56 Å². The van der Waals surface area contributed by atoms with E-state index in [-0.39, 0.29) is 0 Å². The van der Waals surface area contributed by atoms with Crippen molar-refractivity contribution in [2.75, 3.05) is 0 Å². The summed E-state index contributed by atoms with van der Waals surface area (Å²) >= 11 is 0. The van der Waals surface area contributed by atoms with Crippen LogP contribution in [0.25, 0.3) is 0 Å². The first kappa shape index (κ1) is 9.45. The first-order valence-corrected chi connectivity index (χ1v) is 4.01. The number of carboxylic acids is 1. The van der Waals surface area contributed by atoms with Crippen molar-refractivity contribution in [1.29, 1.82) is 0 Å². The monoisotopic (exact) mass is 177 g/mol. The second-order valence-corrected chi connectivity index (χ2v) is 2.70. The van der Waals surface area contributed by atoms with E-state index in [2.05, 4.69) is 4.99 Å². The molecular weight excluding hydrogens is 166 g/mol. The Bertz CT molecular complexity index is 306. The minimum Gasteiger partial charge on any atom is -0.480 e. The number of aliphatic imine (C=N–C) groups is 1. The van der Waals surface area contributed by atoms with Gasteiger partial charge in [-0.25, -0.2) is 4.79 Å². The smallest absolute Gasteiger partial charge is 0.328 e. The van der Waals surface area contributed by atoms with Crippen LogP contribution < -0.4 is 0 Å². The molecule has 0 bridgehead atoms. The summed E-state index contributed by atoms with van der Waals surface area (Å²) in [6.07, 6.45) is 1.57. The topological polar surface area (TPSA) is 49.7 Å². The number of aliphatic carboxylic acids is 1. The highest BCUT2D eigenvalue weighted by Crippen LogP contribution is 1.96. The predicted molar refractivity (Wildman–Crippen MR) is 51.1 cm³/mol. The number of benzene rings is 1. The van der Waals surface area contributed by atoms with Crippen LogP contribution in [0, 0.1) is 0 Å². The third-order valence-corrected chi connectivity index (χ3v) is 1.60. The Morgan fingerprint density at radius 2 is 2.08 bits per heavy atom. The molecule has 0 unspecified atom stereocenters. The van der Waals surface area contributed by atoms with Gasteiger partial charge in [0, 0.05) is 6.21 Å². The molecular formula is C10H11NO2. The zero-order valence-corrected chi connectivity index (χ0v) is 7.34. The Hall–Kier alpha value is -1.64. The van der Waals surface area contributed by atoms with Gasteiger partial charge in [0.05, 0.1) is 0 Å². The summed E-state index contributed by atoms with van der Waals surface area (Å²) in [4.78, 5) is 14.3. The van der Waals surface area contributed by atoms with E-state index in [1.807, 2.05) is 30.3 Å². The molecule has 0 spiro atoms. The molecule has 68 valence electrons. The van der Waals surface area contributed by atoms with Crippen LogP contribution >= 0.6 is 0 Å². The first-order chi connectivity index (χ1) is 6.20. The fourth-order valence-electron chi connectivity index (χ4n) is 0.801. The standard InChI is InChI=1S/C10H11NO2/c1-8(10(12)13)11-7-9-5-3-2-4-6-9/h2-8H,1H3,(H,12,13)/b11-7+/t8-/m0/s1. The van der Waals surface area contributed by atoms with Gasteiger partial charge in [-0.2, -0.15) is 0 Å². The van der Waals surface area contributed by atoms with Crippen molar-refractivity contribution in [3.8, 4) is 0 Å². The Morgan fingerprint density at radius 3 is 2.62 bits per heavy atom. The minimum atomic E-state index is -0.910.